The van der Waals surface area contributed by atoms with Crippen molar-refractivity contribution in [3.63, 3.8) is 0 Å². The van der Waals surface area contributed by atoms with Gasteiger partial charge in [0, 0.05) is 57.9 Å². The van der Waals surface area contributed by atoms with E-state index in [1.54, 1.807) is 0 Å². The molecule has 2 radical (unpaired) electrons. The van der Waals surface area contributed by atoms with Crippen LogP contribution in [0.1, 0.15) is 59.8 Å². The number of nitrogens with zero attached hydrogens (tertiary/aromatic N) is 2. The Balaban J connectivity index is -0.000000148. The number of carbonyl (C=O) groups is 2. The van der Waals surface area contributed by atoms with Gasteiger partial charge in [-0.3, -0.25) is 9.59 Å². The third-order valence-corrected chi connectivity index (χ3v) is 4.56. The average molecular weight is 618 g/mol. The first-order valence-corrected chi connectivity index (χ1v) is 10.7. The van der Waals surface area contributed by atoms with Gasteiger partial charge in [0.2, 0.25) is 0 Å². The first-order chi connectivity index (χ1) is 13.3. The van der Waals surface area contributed by atoms with Gasteiger partial charge in [-0.25, -0.2) is 0 Å². The van der Waals surface area contributed by atoms with Crippen molar-refractivity contribution in [2.75, 3.05) is 45.8 Å². The summed E-state index contributed by atoms with van der Waals surface area (Å²) in [7, 11) is 0. The predicted molar refractivity (Wildman–Crippen MR) is 115 cm³/mol. The minimum Gasteiger partial charge on any atom is -0.481 e. The van der Waals surface area contributed by atoms with E-state index in [2.05, 4.69) is 44.4 Å². The summed E-state index contributed by atoms with van der Waals surface area (Å²) in [6, 6.07) is 0. The van der Waals surface area contributed by atoms with Crippen molar-refractivity contribution in [3.8, 4) is 0 Å². The zero-order chi connectivity index (χ0) is 21.9. The van der Waals surface area contributed by atoms with Gasteiger partial charge in [0.05, 0.1) is 11.8 Å². The van der Waals surface area contributed by atoms with Crippen LogP contribution in [0, 0.1) is 18.8 Å². The molecular formula is C21H44Ag2N3O4-. The van der Waals surface area contributed by atoms with Crippen LogP contribution in [0.3, 0.4) is 0 Å². The summed E-state index contributed by atoms with van der Waals surface area (Å²) in [6.07, 6.45) is 4.62. The summed E-state index contributed by atoms with van der Waals surface area (Å²) >= 11 is 0. The second kappa shape index (κ2) is 25.6. The molecule has 0 aromatic carbocycles. The molecule has 0 unspecified atom stereocenters. The van der Waals surface area contributed by atoms with Gasteiger partial charge in [0.15, 0.2) is 0 Å². The molecule has 30 heavy (non-hydrogen) atoms. The van der Waals surface area contributed by atoms with E-state index in [4.69, 9.17) is 15.9 Å². The molecular weight excluding hydrogens is 574 g/mol. The van der Waals surface area contributed by atoms with Crippen LogP contribution in [0.25, 0.3) is 0 Å². The Kier molecular flexibility index (Phi) is 32.0. The quantitative estimate of drug-likeness (QED) is 0.256. The Hall–Kier alpha value is 0.301. The monoisotopic (exact) mass is 616 g/mol. The van der Waals surface area contributed by atoms with Crippen molar-refractivity contribution in [3.05, 3.63) is 6.92 Å². The normalized spacial score (nSPS) is 13.9. The Labute approximate surface area is 215 Å². The van der Waals surface area contributed by atoms with Crippen LogP contribution in [0.15, 0.2) is 0 Å². The maximum Gasteiger partial charge on any atom is 0.306 e. The predicted octanol–water partition coefficient (Wildman–Crippen LogP) is 2.80. The van der Waals surface area contributed by atoms with Crippen LogP contribution in [0.4, 0.5) is 0 Å². The minimum absolute atomic E-state index is 0. The molecule has 0 aromatic rings. The number of carboxylic acids is 2. The Bertz CT molecular complexity index is 352. The first-order valence-electron chi connectivity index (χ1n) is 10.7. The molecule has 4 N–H and O–H groups in total. The van der Waals surface area contributed by atoms with Crippen LogP contribution in [-0.2, 0) is 54.3 Å². The van der Waals surface area contributed by atoms with Gasteiger partial charge in [-0.05, 0) is 58.4 Å². The Morgan fingerprint density at radius 3 is 1.17 bits per heavy atom. The zero-order valence-electron chi connectivity index (χ0n) is 19.1. The SMILES string of the molecule is CCN(CC)CCN.O=C(O)C1CC1.O=C(O)C1CC1.[Ag].[Ag].[CH2-]CCN(CC)CC. The van der Waals surface area contributed by atoms with Crippen LogP contribution < -0.4 is 5.73 Å². The fourth-order valence-corrected chi connectivity index (χ4v) is 2.15. The summed E-state index contributed by atoms with van der Waals surface area (Å²) in [4.78, 5) is 24.2. The van der Waals surface area contributed by atoms with E-state index in [1.165, 1.54) is 0 Å². The van der Waals surface area contributed by atoms with E-state index in [-0.39, 0.29) is 56.6 Å². The molecule has 0 saturated heterocycles. The number of carboxylic acid groups (broad SMARTS) is 2. The summed E-state index contributed by atoms with van der Waals surface area (Å²) in [5.41, 5.74) is 5.34. The van der Waals surface area contributed by atoms with E-state index in [1.807, 2.05) is 0 Å². The van der Waals surface area contributed by atoms with Crippen LogP contribution in [-0.4, -0.2) is 77.8 Å². The molecule has 2 fully saturated rings. The van der Waals surface area contributed by atoms with Crippen LogP contribution >= 0.6 is 0 Å². The molecule has 9 heteroatoms. The molecule has 7 nitrogen and oxygen atoms in total. The molecule has 0 heterocycles. The Morgan fingerprint density at radius 1 is 0.800 bits per heavy atom. The maximum atomic E-state index is 9.76. The zero-order valence-corrected chi connectivity index (χ0v) is 22.1. The summed E-state index contributed by atoms with van der Waals surface area (Å²) < 4.78 is 0. The van der Waals surface area contributed by atoms with Gasteiger partial charge in [-0.15, -0.1) is 0 Å². The molecule has 0 aromatic heterocycles. The molecule has 0 aliphatic heterocycles. The van der Waals surface area contributed by atoms with E-state index in [0.29, 0.717) is 0 Å². The van der Waals surface area contributed by atoms with Crippen molar-refractivity contribution in [1.82, 2.24) is 9.80 Å². The number of nitrogens with two attached hydrogens (primary N) is 1. The summed E-state index contributed by atoms with van der Waals surface area (Å²) in [5, 5.41) is 16.1. The molecule has 2 aliphatic carbocycles. The van der Waals surface area contributed by atoms with E-state index < -0.39 is 11.9 Å². The van der Waals surface area contributed by atoms with Crippen molar-refractivity contribution < 1.29 is 64.6 Å². The third kappa shape index (κ3) is 26.3. The second-order valence-corrected chi connectivity index (χ2v) is 6.92. The van der Waals surface area contributed by atoms with E-state index >= 15 is 0 Å². The smallest absolute Gasteiger partial charge is 0.306 e. The van der Waals surface area contributed by atoms with E-state index in [0.717, 1.165) is 77.9 Å². The number of hydrogen-bond acceptors (Lipinski definition) is 5. The molecule has 0 bridgehead atoms. The number of rotatable bonds is 10. The number of hydrogen-bond donors (Lipinski definition) is 3. The molecule has 2 aliphatic rings. The summed E-state index contributed by atoms with van der Waals surface area (Å²) in [6.45, 7) is 20.0. The van der Waals surface area contributed by atoms with Crippen molar-refractivity contribution in [2.45, 2.75) is 59.8 Å². The fraction of sp³-hybridized carbons (Fsp3) is 0.857. The van der Waals surface area contributed by atoms with E-state index in [9.17, 15) is 9.59 Å². The van der Waals surface area contributed by atoms with Crippen molar-refractivity contribution >= 4 is 11.9 Å². The average Bonchev–Trinajstić information content (AvgIpc) is 3.56. The minimum atomic E-state index is -0.630. The molecule has 0 spiro atoms. The third-order valence-electron chi connectivity index (χ3n) is 4.56. The maximum absolute atomic E-state index is 9.76. The van der Waals surface area contributed by atoms with Crippen molar-refractivity contribution in [2.24, 2.45) is 17.6 Å². The fourth-order valence-electron chi connectivity index (χ4n) is 2.15. The molecule has 190 valence electrons. The van der Waals surface area contributed by atoms with Crippen LogP contribution in [0.2, 0.25) is 0 Å². The molecule has 0 atom stereocenters. The van der Waals surface area contributed by atoms with Gasteiger partial charge in [0.1, 0.15) is 0 Å². The van der Waals surface area contributed by atoms with Crippen LogP contribution in [0.5, 0.6) is 0 Å². The first kappa shape index (κ1) is 37.6. The molecule has 2 saturated carbocycles. The molecule has 2 rings (SSSR count). The second-order valence-electron chi connectivity index (χ2n) is 6.92. The number of likely N-dealkylation sites (N-methyl/N-ethyl adjacent to an activating group) is 1. The largest absolute Gasteiger partial charge is 0.481 e. The Morgan fingerprint density at radius 2 is 1.10 bits per heavy atom. The van der Waals surface area contributed by atoms with Crippen molar-refractivity contribution in [1.29, 1.82) is 0 Å². The van der Waals surface area contributed by atoms with Gasteiger partial charge >= 0.3 is 11.9 Å². The van der Waals surface area contributed by atoms with Gasteiger partial charge in [0.25, 0.3) is 0 Å². The van der Waals surface area contributed by atoms with Gasteiger partial charge < -0.3 is 32.7 Å². The summed E-state index contributed by atoms with van der Waals surface area (Å²) in [5.74, 6) is -1.22. The standard InChI is InChI=1S/C7H16N.C6H16N2.2C4H6O2.2Ag/c1-4-7-8(5-2)6-3;1-3-8(4-2)6-5-7;2*5-4(6)3-1-2-3;;/h1,4-7H2,2-3H3;3-7H2,1-2H3;2*3H,1-2H2,(H,5,6);;/q-1;;;;;. The van der Waals surface area contributed by atoms with Gasteiger partial charge in [-0.1, -0.05) is 27.7 Å². The van der Waals surface area contributed by atoms with Gasteiger partial charge in [-0.2, -0.15) is 6.42 Å². The molecule has 0 amide bonds. The number of aliphatic carboxylic acids is 2. The topological polar surface area (TPSA) is 107 Å².